The minimum atomic E-state index is -3.21. The Kier molecular flexibility index (Phi) is 6.08. The third kappa shape index (κ3) is 4.68. The first-order chi connectivity index (χ1) is 16.4. The Morgan fingerprint density at radius 2 is 1.74 bits per heavy atom. The Hall–Kier alpha value is -3.26. The maximum Gasteiger partial charge on any atom is 0.225 e. The third-order valence-corrected chi connectivity index (χ3v) is 7.81. The van der Waals surface area contributed by atoms with Crippen LogP contribution in [0.25, 0.3) is 10.9 Å². The molecular formula is C26H29N5O2S. The average molecular weight is 476 g/mol. The number of anilines is 1. The van der Waals surface area contributed by atoms with E-state index in [9.17, 15) is 8.42 Å². The molecule has 8 heteroatoms. The number of piperidine rings is 1. The van der Waals surface area contributed by atoms with Gasteiger partial charge in [0.2, 0.25) is 5.95 Å². The van der Waals surface area contributed by atoms with Crippen LogP contribution in [0.5, 0.6) is 0 Å². The van der Waals surface area contributed by atoms with E-state index < -0.39 is 9.84 Å². The fraction of sp³-hybridized carbons (Fsp3) is 0.346. The fourth-order valence-corrected chi connectivity index (χ4v) is 5.26. The zero-order valence-electron chi connectivity index (χ0n) is 19.6. The van der Waals surface area contributed by atoms with Crippen LogP contribution in [-0.2, 0) is 22.8 Å². The van der Waals surface area contributed by atoms with Gasteiger partial charge in [0.05, 0.1) is 17.1 Å². The summed E-state index contributed by atoms with van der Waals surface area (Å²) in [7, 11) is -3.21. The Bertz CT molecular complexity index is 1390. The van der Waals surface area contributed by atoms with Gasteiger partial charge in [-0.3, -0.25) is 4.98 Å². The molecule has 1 aliphatic heterocycles. The summed E-state index contributed by atoms with van der Waals surface area (Å²) in [5, 5.41) is 0.916. The van der Waals surface area contributed by atoms with Crippen molar-refractivity contribution in [3.8, 4) is 0 Å². The topological polar surface area (TPSA) is 81.0 Å². The maximum absolute atomic E-state index is 11.8. The largest absolute Gasteiger partial charge is 0.341 e. The van der Waals surface area contributed by atoms with Crippen LogP contribution >= 0.6 is 0 Å². The quantitative estimate of drug-likeness (QED) is 0.415. The molecule has 1 saturated heterocycles. The average Bonchev–Trinajstić information content (AvgIpc) is 3.26. The standard InChI is InChI=1S/C26H29N5O2S/c1-3-19-15-28-26(29-16-19)30-11-8-20(9-12-30)22-4-5-23(27-17-22)18-31-13-10-21-14-24(34(2,32)33)6-7-25(21)31/h4-7,10,13-17,20H,3,8-9,11-12,18H2,1-2H3. The Labute approximate surface area is 200 Å². The van der Waals surface area contributed by atoms with E-state index in [2.05, 4.69) is 38.5 Å². The molecule has 7 nitrogen and oxygen atoms in total. The van der Waals surface area contributed by atoms with E-state index in [0.717, 1.165) is 60.5 Å². The van der Waals surface area contributed by atoms with Crippen molar-refractivity contribution in [2.24, 2.45) is 0 Å². The van der Waals surface area contributed by atoms with Crippen molar-refractivity contribution in [3.05, 3.63) is 78.0 Å². The molecule has 1 aromatic carbocycles. The van der Waals surface area contributed by atoms with Gasteiger partial charge in [-0.1, -0.05) is 13.0 Å². The smallest absolute Gasteiger partial charge is 0.225 e. The van der Waals surface area contributed by atoms with E-state index in [1.54, 1.807) is 12.1 Å². The van der Waals surface area contributed by atoms with E-state index in [1.807, 2.05) is 36.9 Å². The molecule has 0 saturated carbocycles. The summed E-state index contributed by atoms with van der Waals surface area (Å²) in [6.07, 6.45) is 12.2. The third-order valence-electron chi connectivity index (χ3n) is 6.70. The second-order valence-electron chi connectivity index (χ2n) is 9.03. The fourth-order valence-electron chi connectivity index (χ4n) is 4.60. The van der Waals surface area contributed by atoms with E-state index >= 15 is 0 Å². The van der Waals surface area contributed by atoms with Crippen LogP contribution in [0.2, 0.25) is 0 Å². The second-order valence-corrected chi connectivity index (χ2v) is 11.0. The molecule has 1 aliphatic rings. The summed E-state index contributed by atoms with van der Waals surface area (Å²) < 4.78 is 25.8. The van der Waals surface area contributed by atoms with Crippen LogP contribution in [0.1, 0.15) is 42.5 Å². The molecule has 1 fully saturated rings. The van der Waals surface area contributed by atoms with Gasteiger partial charge in [0.15, 0.2) is 9.84 Å². The summed E-state index contributed by atoms with van der Waals surface area (Å²) in [4.78, 5) is 16.4. The van der Waals surface area contributed by atoms with Gasteiger partial charge in [0.25, 0.3) is 0 Å². The normalized spacial score (nSPS) is 15.2. The number of benzene rings is 1. The number of fused-ring (bicyclic) bond motifs is 1. The molecule has 0 radical (unpaired) electrons. The van der Waals surface area contributed by atoms with Gasteiger partial charge in [0, 0.05) is 55.0 Å². The summed E-state index contributed by atoms with van der Waals surface area (Å²) in [6.45, 7) is 4.65. The van der Waals surface area contributed by atoms with Crippen molar-refractivity contribution in [2.45, 2.75) is 43.5 Å². The number of aromatic nitrogens is 4. The first kappa shape index (κ1) is 22.5. The Balaban J connectivity index is 1.23. The molecule has 0 bridgehead atoms. The van der Waals surface area contributed by atoms with Gasteiger partial charge in [-0.2, -0.15) is 0 Å². The number of hydrogen-bond donors (Lipinski definition) is 0. The van der Waals surface area contributed by atoms with Crippen LogP contribution in [0.3, 0.4) is 0 Å². The molecule has 34 heavy (non-hydrogen) atoms. The second kappa shape index (κ2) is 9.18. The van der Waals surface area contributed by atoms with Gasteiger partial charge in [-0.15, -0.1) is 0 Å². The van der Waals surface area contributed by atoms with Crippen molar-refractivity contribution in [2.75, 3.05) is 24.2 Å². The summed E-state index contributed by atoms with van der Waals surface area (Å²) in [5.41, 5.74) is 4.42. The van der Waals surface area contributed by atoms with Crippen LogP contribution < -0.4 is 4.90 Å². The Morgan fingerprint density at radius 1 is 0.971 bits per heavy atom. The van der Waals surface area contributed by atoms with E-state index in [4.69, 9.17) is 4.98 Å². The first-order valence-electron chi connectivity index (χ1n) is 11.7. The van der Waals surface area contributed by atoms with Crippen molar-refractivity contribution in [1.29, 1.82) is 0 Å². The maximum atomic E-state index is 11.8. The molecule has 4 aromatic rings. The summed E-state index contributed by atoms with van der Waals surface area (Å²) in [5.74, 6) is 1.32. The van der Waals surface area contributed by atoms with Crippen molar-refractivity contribution < 1.29 is 8.42 Å². The van der Waals surface area contributed by atoms with Crippen LogP contribution in [0.15, 0.2) is 66.1 Å². The minimum absolute atomic E-state index is 0.343. The lowest BCUT2D eigenvalue weighted by molar-refractivity contribution is 0.498. The highest BCUT2D eigenvalue weighted by Gasteiger charge is 2.22. The molecule has 176 valence electrons. The predicted molar refractivity (Wildman–Crippen MR) is 134 cm³/mol. The van der Waals surface area contributed by atoms with E-state index in [0.29, 0.717) is 17.4 Å². The lowest BCUT2D eigenvalue weighted by atomic mass is 9.90. The number of pyridine rings is 1. The van der Waals surface area contributed by atoms with Gasteiger partial charge >= 0.3 is 0 Å². The van der Waals surface area contributed by atoms with Crippen molar-refractivity contribution in [3.63, 3.8) is 0 Å². The zero-order valence-corrected chi connectivity index (χ0v) is 20.4. The molecule has 0 spiro atoms. The number of hydrogen-bond acceptors (Lipinski definition) is 6. The van der Waals surface area contributed by atoms with Crippen molar-refractivity contribution >= 4 is 26.7 Å². The molecule has 0 aliphatic carbocycles. The van der Waals surface area contributed by atoms with Gasteiger partial charge in [-0.25, -0.2) is 18.4 Å². The molecule has 4 heterocycles. The van der Waals surface area contributed by atoms with Gasteiger partial charge in [0.1, 0.15) is 0 Å². The number of nitrogens with zero attached hydrogens (tertiary/aromatic N) is 5. The summed E-state index contributed by atoms with van der Waals surface area (Å²) in [6, 6.07) is 11.5. The Morgan fingerprint density at radius 3 is 2.38 bits per heavy atom. The number of rotatable bonds is 6. The van der Waals surface area contributed by atoms with Crippen LogP contribution in [-0.4, -0.2) is 47.3 Å². The van der Waals surface area contributed by atoms with Crippen LogP contribution in [0.4, 0.5) is 5.95 Å². The number of aryl methyl sites for hydroxylation is 1. The number of sulfone groups is 1. The van der Waals surface area contributed by atoms with E-state index in [1.165, 1.54) is 11.8 Å². The lowest BCUT2D eigenvalue weighted by Crippen LogP contribution is -2.34. The highest BCUT2D eigenvalue weighted by Crippen LogP contribution is 2.29. The molecule has 0 N–H and O–H groups in total. The molecular weight excluding hydrogens is 446 g/mol. The summed E-state index contributed by atoms with van der Waals surface area (Å²) >= 11 is 0. The minimum Gasteiger partial charge on any atom is -0.341 e. The highest BCUT2D eigenvalue weighted by molar-refractivity contribution is 7.90. The monoisotopic (exact) mass is 475 g/mol. The highest BCUT2D eigenvalue weighted by atomic mass is 32.2. The molecule has 3 aromatic heterocycles. The molecule has 0 atom stereocenters. The molecule has 5 rings (SSSR count). The predicted octanol–water partition coefficient (Wildman–Crippen LogP) is 4.22. The zero-order chi connectivity index (χ0) is 23.7. The van der Waals surface area contributed by atoms with Crippen molar-refractivity contribution in [1.82, 2.24) is 19.5 Å². The van der Waals surface area contributed by atoms with Crippen LogP contribution in [0, 0.1) is 0 Å². The van der Waals surface area contributed by atoms with E-state index in [-0.39, 0.29) is 0 Å². The molecule has 0 amide bonds. The van der Waals surface area contributed by atoms with Gasteiger partial charge < -0.3 is 9.47 Å². The first-order valence-corrected chi connectivity index (χ1v) is 13.6. The molecule has 0 unspecified atom stereocenters. The van der Waals surface area contributed by atoms with Gasteiger partial charge in [-0.05, 0) is 66.6 Å². The lowest BCUT2D eigenvalue weighted by Gasteiger charge is -2.32. The SMILES string of the molecule is CCc1cnc(N2CCC(c3ccc(Cn4ccc5cc(S(C)(=O)=O)ccc54)nc3)CC2)nc1.